The summed E-state index contributed by atoms with van der Waals surface area (Å²) in [5.74, 6) is 1.26. The molecule has 5 nitrogen and oxygen atoms in total. The van der Waals surface area contributed by atoms with Crippen LogP contribution in [0.5, 0.6) is 0 Å². The van der Waals surface area contributed by atoms with E-state index in [1.165, 1.54) is 0 Å². The number of likely N-dealkylation sites (tertiary alicyclic amines) is 1. The quantitative estimate of drug-likeness (QED) is 0.867. The monoisotopic (exact) mass is 325 g/mol. The molecule has 0 saturated carbocycles. The van der Waals surface area contributed by atoms with E-state index in [9.17, 15) is 4.79 Å². The summed E-state index contributed by atoms with van der Waals surface area (Å²) >= 11 is 0. The van der Waals surface area contributed by atoms with Gasteiger partial charge < -0.3 is 9.64 Å². The lowest BCUT2D eigenvalue weighted by molar-refractivity contribution is 0.0711. The summed E-state index contributed by atoms with van der Waals surface area (Å²) in [4.78, 5) is 23.4. The Labute approximate surface area is 142 Å². The average Bonchev–Trinajstić information content (AvgIpc) is 2.64. The zero-order valence-electron chi connectivity index (χ0n) is 14.2. The maximum Gasteiger partial charge on any atom is 0.253 e. The highest BCUT2D eigenvalue weighted by molar-refractivity contribution is 5.94. The van der Waals surface area contributed by atoms with Crippen LogP contribution in [0.15, 0.2) is 36.5 Å². The molecule has 5 heteroatoms. The van der Waals surface area contributed by atoms with E-state index in [0.29, 0.717) is 12.5 Å². The van der Waals surface area contributed by atoms with E-state index in [2.05, 4.69) is 9.97 Å². The van der Waals surface area contributed by atoms with Gasteiger partial charge in [-0.05, 0) is 31.9 Å². The number of piperidine rings is 1. The summed E-state index contributed by atoms with van der Waals surface area (Å²) in [6.07, 6.45) is 3.71. The standard InChI is InChI=1S/C19H23N3O2/c1-14-20-12-17(13-24-2)18(21-14)15-8-10-22(11-9-15)19(23)16-6-4-3-5-7-16/h3-7,12,15H,8-11,13H2,1-2H3. The van der Waals surface area contributed by atoms with Crippen molar-refractivity contribution in [3.63, 3.8) is 0 Å². The number of aryl methyl sites for hydroxylation is 1. The van der Waals surface area contributed by atoms with Crippen LogP contribution in [-0.4, -0.2) is 41.0 Å². The van der Waals surface area contributed by atoms with E-state index in [-0.39, 0.29) is 5.91 Å². The van der Waals surface area contributed by atoms with Crippen LogP contribution in [-0.2, 0) is 11.3 Å². The van der Waals surface area contributed by atoms with Crippen LogP contribution in [0.3, 0.4) is 0 Å². The molecular weight excluding hydrogens is 302 g/mol. The van der Waals surface area contributed by atoms with Crippen LogP contribution < -0.4 is 0 Å². The molecule has 0 spiro atoms. The second-order valence-corrected chi connectivity index (χ2v) is 6.19. The molecule has 1 aromatic heterocycles. The maximum absolute atomic E-state index is 12.5. The molecule has 3 rings (SSSR count). The number of nitrogens with zero attached hydrogens (tertiary/aromatic N) is 3. The Bertz CT molecular complexity index is 695. The Morgan fingerprint density at radius 2 is 1.96 bits per heavy atom. The smallest absolute Gasteiger partial charge is 0.253 e. The predicted molar refractivity (Wildman–Crippen MR) is 91.8 cm³/mol. The Balaban J connectivity index is 1.69. The van der Waals surface area contributed by atoms with E-state index in [1.54, 1.807) is 7.11 Å². The summed E-state index contributed by atoms with van der Waals surface area (Å²) in [6, 6.07) is 9.48. The number of carbonyl (C=O) groups excluding carboxylic acids is 1. The van der Waals surface area contributed by atoms with Crippen molar-refractivity contribution in [1.29, 1.82) is 0 Å². The largest absolute Gasteiger partial charge is 0.380 e. The Morgan fingerprint density at radius 1 is 1.25 bits per heavy atom. The van der Waals surface area contributed by atoms with Crippen LogP contribution in [0.1, 0.15) is 46.2 Å². The number of hydrogen-bond acceptors (Lipinski definition) is 4. The first kappa shape index (κ1) is 16.6. The minimum Gasteiger partial charge on any atom is -0.380 e. The van der Waals surface area contributed by atoms with Gasteiger partial charge in [0, 0.05) is 43.4 Å². The number of ether oxygens (including phenoxy) is 1. The Kier molecular flexibility index (Phi) is 5.20. The fourth-order valence-corrected chi connectivity index (χ4v) is 3.25. The molecule has 1 aliphatic rings. The number of aromatic nitrogens is 2. The van der Waals surface area contributed by atoms with E-state index < -0.39 is 0 Å². The van der Waals surface area contributed by atoms with E-state index in [0.717, 1.165) is 48.6 Å². The Hall–Kier alpha value is -2.27. The van der Waals surface area contributed by atoms with Gasteiger partial charge in [-0.1, -0.05) is 18.2 Å². The third kappa shape index (κ3) is 3.62. The van der Waals surface area contributed by atoms with Crippen molar-refractivity contribution in [2.45, 2.75) is 32.3 Å². The molecule has 1 amide bonds. The number of hydrogen-bond donors (Lipinski definition) is 0. The second-order valence-electron chi connectivity index (χ2n) is 6.19. The van der Waals surface area contributed by atoms with Crippen LogP contribution in [0.25, 0.3) is 0 Å². The van der Waals surface area contributed by atoms with Crippen molar-refractivity contribution in [3.05, 3.63) is 59.2 Å². The van der Waals surface area contributed by atoms with Crippen molar-refractivity contribution in [1.82, 2.24) is 14.9 Å². The minimum absolute atomic E-state index is 0.116. The lowest BCUT2D eigenvalue weighted by atomic mass is 9.90. The first-order chi connectivity index (χ1) is 11.7. The van der Waals surface area contributed by atoms with Crippen LogP contribution in [0.2, 0.25) is 0 Å². The van der Waals surface area contributed by atoms with Gasteiger partial charge in [0.25, 0.3) is 5.91 Å². The van der Waals surface area contributed by atoms with Crippen LogP contribution in [0.4, 0.5) is 0 Å². The van der Waals surface area contributed by atoms with Gasteiger partial charge in [-0.2, -0.15) is 0 Å². The van der Waals surface area contributed by atoms with E-state index >= 15 is 0 Å². The van der Waals surface area contributed by atoms with Gasteiger partial charge in [0.15, 0.2) is 0 Å². The molecule has 2 aromatic rings. The summed E-state index contributed by atoms with van der Waals surface area (Å²) in [5, 5.41) is 0. The molecule has 0 atom stereocenters. The number of rotatable bonds is 4. The van der Waals surface area contributed by atoms with Crippen molar-refractivity contribution >= 4 is 5.91 Å². The van der Waals surface area contributed by atoms with Crippen LogP contribution in [0, 0.1) is 6.92 Å². The lowest BCUT2D eigenvalue weighted by Crippen LogP contribution is -2.38. The van der Waals surface area contributed by atoms with Gasteiger partial charge in [0.1, 0.15) is 5.82 Å². The molecule has 0 unspecified atom stereocenters. The fraction of sp³-hybridized carbons (Fsp3) is 0.421. The third-order valence-corrected chi connectivity index (χ3v) is 4.51. The predicted octanol–water partition coefficient (Wildman–Crippen LogP) is 2.95. The van der Waals surface area contributed by atoms with Crippen molar-refractivity contribution in [2.75, 3.05) is 20.2 Å². The SMILES string of the molecule is COCc1cnc(C)nc1C1CCN(C(=O)c2ccccc2)CC1. The average molecular weight is 325 g/mol. The lowest BCUT2D eigenvalue weighted by Gasteiger charge is -2.32. The molecular formula is C19H23N3O2. The first-order valence-electron chi connectivity index (χ1n) is 8.34. The van der Waals surface area contributed by atoms with Gasteiger partial charge in [0.2, 0.25) is 0 Å². The van der Waals surface area contributed by atoms with Crippen molar-refractivity contribution < 1.29 is 9.53 Å². The summed E-state index contributed by atoms with van der Waals surface area (Å²) in [6.45, 7) is 3.95. The third-order valence-electron chi connectivity index (χ3n) is 4.51. The van der Waals surface area contributed by atoms with E-state index in [1.807, 2.05) is 48.4 Å². The highest BCUT2D eigenvalue weighted by Crippen LogP contribution is 2.29. The molecule has 0 aliphatic carbocycles. The molecule has 1 aromatic carbocycles. The molecule has 24 heavy (non-hydrogen) atoms. The molecule has 0 N–H and O–H groups in total. The molecule has 126 valence electrons. The molecule has 1 aliphatic heterocycles. The summed E-state index contributed by atoms with van der Waals surface area (Å²) < 4.78 is 5.27. The normalized spacial score (nSPS) is 15.5. The highest BCUT2D eigenvalue weighted by atomic mass is 16.5. The minimum atomic E-state index is 0.116. The van der Waals surface area contributed by atoms with Crippen molar-refractivity contribution in [2.24, 2.45) is 0 Å². The topological polar surface area (TPSA) is 55.3 Å². The zero-order chi connectivity index (χ0) is 16.9. The van der Waals surface area contributed by atoms with Crippen molar-refractivity contribution in [3.8, 4) is 0 Å². The number of carbonyl (C=O) groups is 1. The molecule has 0 bridgehead atoms. The summed E-state index contributed by atoms with van der Waals surface area (Å²) in [5.41, 5.74) is 2.89. The van der Waals surface area contributed by atoms with Gasteiger partial charge in [-0.3, -0.25) is 4.79 Å². The fourth-order valence-electron chi connectivity index (χ4n) is 3.25. The number of methoxy groups -OCH3 is 1. The summed E-state index contributed by atoms with van der Waals surface area (Å²) in [7, 11) is 1.69. The Morgan fingerprint density at radius 3 is 2.62 bits per heavy atom. The van der Waals surface area contributed by atoms with Crippen LogP contribution >= 0.6 is 0 Å². The molecule has 1 saturated heterocycles. The molecule has 2 heterocycles. The van der Waals surface area contributed by atoms with Gasteiger partial charge in [-0.25, -0.2) is 9.97 Å². The molecule has 1 fully saturated rings. The van der Waals surface area contributed by atoms with Gasteiger partial charge in [-0.15, -0.1) is 0 Å². The second kappa shape index (κ2) is 7.53. The number of benzene rings is 1. The maximum atomic E-state index is 12.5. The zero-order valence-corrected chi connectivity index (χ0v) is 14.2. The number of amides is 1. The first-order valence-corrected chi connectivity index (χ1v) is 8.34. The molecule has 0 radical (unpaired) electrons. The van der Waals surface area contributed by atoms with Gasteiger partial charge >= 0.3 is 0 Å². The van der Waals surface area contributed by atoms with Gasteiger partial charge in [0.05, 0.1) is 12.3 Å². The van der Waals surface area contributed by atoms with E-state index in [4.69, 9.17) is 4.74 Å². The highest BCUT2D eigenvalue weighted by Gasteiger charge is 2.27.